The summed E-state index contributed by atoms with van der Waals surface area (Å²) in [7, 11) is 0. The maximum atomic E-state index is 12.3. The molecular formula is C17H22N2O2. The molecule has 4 nitrogen and oxygen atoms in total. The molecule has 0 bridgehead atoms. The Morgan fingerprint density at radius 3 is 2.71 bits per heavy atom. The molecule has 2 rings (SSSR count). The van der Waals surface area contributed by atoms with Crippen LogP contribution in [0, 0.1) is 12.8 Å². The van der Waals surface area contributed by atoms with Crippen molar-refractivity contribution in [3.63, 3.8) is 0 Å². The fraction of sp³-hybridized carbons (Fsp3) is 0.412. The second kappa shape index (κ2) is 6.57. The van der Waals surface area contributed by atoms with E-state index in [2.05, 4.69) is 5.32 Å². The van der Waals surface area contributed by atoms with Crippen molar-refractivity contribution in [2.45, 2.75) is 33.7 Å². The normalized spacial score (nSPS) is 11.0. The Morgan fingerprint density at radius 2 is 2.00 bits per heavy atom. The summed E-state index contributed by atoms with van der Waals surface area (Å²) in [6.45, 7) is 6.81. The first kappa shape index (κ1) is 15.3. The summed E-state index contributed by atoms with van der Waals surface area (Å²) in [5.41, 5.74) is 1.64. The van der Waals surface area contributed by atoms with Crippen molar-refractivity contribution >= 4 is 16.8 Å². The van der Waals surface area contributed by atoms with Crippen molar-refractivity contribution in [1.82, 2.24) is 9.88 Å². The zero-order chi connectivity index (χ0) is 15.4. The molecule has 0 spiro atoms. The number of nitrogens with one attached hydrogen (secondary N) is 1. The Kier molecular flexibility index (Phi) is 4.78. The molecule has 1 aromatic heterocycles. The van der Waals surface area contributed by atoms with E-state index in [0.717, 1.165) is 16.5 Å². The molecule has 112 valence electrons. The number of pyridine rings is 1. The predicted molar refractivity (Wildman–Crippen MR) is 85.4 cm³/mol. The van der Waals surface area contributed by atoms with Gasteiger partial charge in [-0.3, -0.25) is 9.59 Å². The number of carbonyl (C=O) groups is 1. The number of fused-ring (bicyclic) bond motifs is 1. The van der Waals surface area contributed by atoms with Crippen LogP contribution >= 0.6 is 0 Å². The van der Waals surface area contributed by atoms with E-state index in [4.69, 9.17) is 0 Å². The van der Waals surface area contributed by atoms with Gasteiger partial charge in [-0.05, 0) is 30.4 Å². The van der Waals surface area contributed by atoms with E-state index in [0.29, 0.717) is 25.4 Å². The summed E-state index contributed by atoms with van der Waals surface area (Å²) in [6, 6.07) is 9.72. The molecule has 4 heteroatoms. The van der Waals surface area contributed by atoms with Gasteiger partial charge in [0.1, 0.15) is 0 Å². The molecule has 0 aliphatic rings. The second-order valence-electron chi connectivity index (χ2n) is 5.79. The lowest BCUT2D eigenvalue weighted by molar-refractivity contribution is -0.121. The number of benzene rings is 1. The Hall–Kier alpha value is -2.10. The van der Waals surface area contributed by atoms with Gasteiger partial charge in [-0.2, -0.15) is 0 Å². The van der Waals surface area contributed by atoms with Crippen LogP contribution in [0.15, 0.2) is 35.1 Å². The summed E-state index contributed by atoms with van der Waals surface area (Å²) in [4.78, 5) is 23.9. The lowest BCUT2D eigenvalue weighted by Crippen LogP contribution is -2.32. The summed E-state index contributed by atoms with van der Waals surface area (Å²) in [6.07, 6.45) is 0.517. The fourth-order valence-corrected chi connectivity index (χ4v) is 2.44. The third kappa shape index (κ3) is 3.72. The molecule has 1 N–H and O–H groups in total. The number of aryl methyl sites for hydroxylation is 1. The molecule has 0 fully saturated rings. The van der Waals surface area contributed by atoms with Gasteiger partial charge in [0.15, 0.2) is 0 Å². The summed E-state index contributed by atoms with van der Waals surface area (Å²) >= 11 is 0. The molecule has 0 unspecified atom stereocenters. The maximum absolute atomic E-state index is 12.3. The fourth-order valence-electron chi connectivity index (χ4n) is 2.44. The Morgan fingerprint density at radius 1 is 1.29 bits per heavy atom. The van der Waals surface area contributed by atoms with Gasteiger partial charge in [0, 0.05) is 25.1 Å². The number of hydrogen-bond acceptors (Lipinski definition) is 2. The van der Waals surface area contributed by atoms with Crippen LogP contribution in [-0.4, -0.2) is 17.0 Å². The van der Waals surface area contributed by atoms with E-state index in [1.807, 2.05) is 51.1 Å². The number of rotatable bonds is 5. The third-order valence-corrected chi connectivity index (χ3v) is 3.43. The first-order chi connectivity index (χ1) is 9.99. The molecule has 0 saturated carbocycles. The minimum Gasteiger partial charge on any atom is -0.354 e. The van der Waals surface area contributed by atoms with E-state index >= 15 is 0 Å². The quantitative estimate of drug-likeness (QED) is 0.918. The average molecular weight is 286 g/mol. The van der Waals surface area contributed by atoms with E-state index < -0.39 is 0 Å². The second-order valence-corrected chi connectivity index (χ2v) is 5.79. The minimum atomic E-state index is 0.00630. The SMILES string of the molecule is Cc1cc2ccccc2n(CCNC(=O)CC(C)C)c1=O. The number of nitrogens with zero attached hydrogens (tertiary/aromatic N) is 1. The average Bonchev–Trinajstić information content (AvgIpc) is 2.42. The maximum Gasteiger partial charge on any atom is 0.254 e. The van der Waals surface area contributed by atoms with Gasteiger partial charge in [-0.25, -0.2) is 0 Å². The van der Waals surface area contributed by atoms with Crippen LogP contribution in [0.2, 0.25) is 0 Å². The highest BCUT2D eigenvalue weighted by molar-refractivity contribution is 5.79. The van der Waals surface area contributed by atoms with Gasteiger partial charge in [0.2, 0.25) is 5.91 Å². The lowest BCUT2D eigenvalue weighted by Gasteiger charge is -2.12. The molecule has 0 atom stereocenters. The molecule has 0 saturated heterocycles. The van der Waals surface area contributed by atoms with E-state index in [1.165, 1.54) is 0 Å². The monoisotopic (exact) mass is 286 g/mol. The van der Waals surface area contributed by atoms with Gasteiger partial charge in [-0.15, -0.1) is 0 Å². The third-order valence-electron chi connectivity index (χ3n) is 3.43. The standard InChI is InChI=1S/C17H22N2O2/c1-12(2)10-16(20)18-8-9-19-15-7-5-4-6-14(15)11-13(3)17(19)21/h4-7,11-12H,8-10H2,1-3H3,(H,18,20). The van der Waals surface area contributed by atoms with Crippen LogP contribution in [0.5, 0.6) is 0 Å². The number of carbonyl (C=O) groups excluding carboxylic acids is 1. The molecular weight excluding hydrogens is 264 g/mol. The van der Waals surface area contributed by atoms with Crippen LogP contribution < -0.4 is 10.9 Å². The Labute approximate surface area is 124 Å². The number of hydrogen-bond donors (Lipinski definition) is 1. The zero-order valence-electron chi connectivity index (χ0n) is 12.8. The van der Waals surface area contributed by atoms with Crippen molar-refractivity contribution in [3.05, 3.63) is 46.2 Å². The molecule has 21 heavy (non-hydrogen) atoms. The molecule has 2 aromatic rings. The number of amides is 1. The Balaban J connectivity index is 2.17. The van der Waals surface area contributed by atoms with Crippen LogP contribution in [0.3, 0.4) is 0 Å². The predicted octanol–water partition coefficient (Wildman–Crippen LogP) is 2.47. The van der Waals surface area contributed by atoms with Crippen molar-refractivity contribution in [1.29, 1.82) is 0 Å². The Bertz CT molecular complexity index is 701. The first-order valence-electron chi connectivity index (χ1n) is 7.35. The van der Waals surface area contributed by atoms with Gasteiger partial charge in [-0.1, -0.05) is 32.0 Å². The first-order valence-corrected chi connectivity index (χ1v) is 7.35. The van der Waals surface area contributed by atoms with Crippen molar-refractivity contribution in [2.24, 2.45) is 5.92 Å². The molecule has 0 aliphatic heterocycles. The van der Waals surface area contributed by atoms with E-state index in [-0.39, 0.29) is 11.5 Å². The zero-order valence-corrected chi connectivity index (χ0v) is 12.8. The summed E-state index contributed by atoms with van der Waals surface area (Å²) in [5.74, 6) is 0.377. The molecule has 1 heterocycles. The molecule has 0 radical (unpaired) electrons. The largest absolute Gasteiger partial charge is 0.354 e. The van der Waals surface area contributed by atoms with E-state index in [9.17, 15) is 9.59 Å². The highest BCUT2D eigenvalue weighted by Gasteiger charge is 2.07. The molecule has 1 amide bonds. The van der Waals surface area contributed by atoms with Gasteiger partial charge >= 0.3 is 0 Å². The summed E-state index contributed by atoms with van der Waals surface area (Å²) in [5, 5.41) is 3.92. The van der Waals surface area contributed by atoms with Gasteiger partial charge in [0.05, 0.1) is 5.52 Å². The van der Waals surface area contributed by atoms with Gasteiger partial charge < -0.3 is 9.88 Å². The number of para-hydroxylation sites is 1. The van der Waals surface area contributed by atoms with Gasteiger partial charge in [0.25, 0.3) is 5.56 Å². The topological polar surface area (TPSA) is 51.1 Å². The van der Waals surface area contributed by atoms with Crippen LogP contribution in [-0.2, 0) is 11.3 Å². The highest BCUT2D eigenvalue weighted by atomic mass is 16.1. The smallest absolute Gasteiger partial charge is 0.254 e. The van der Waals surface area contributed by atoms with Crippen molar-refractivity contribution in [3.8, 4) is 0 Å². The van der Waals surface area contributed by atoms with Crippen LogP contribution in [0.1, 0.15) is 25.8 Å². The lowest BCUT2D eigenvalue weighted by atomic mass is 10.1. The van der Waals surface area contributed by atoms with Crippen LogP contribution in [0.25, 0.3) is 10.9 Å². The van der Waals surface area contributed by atoms with Crippen molar-refractivity contribution in [2.75, 3.05) is 6.54 Å². The number of aromatic nitrogens is 1. The minimum absolute atomic E-state index is 0.00630. The molecule has 0 aliphatic carbocycles. The van der Waals surface area contributed by atoms with E-state index in [1.54, 1.807) is 4.57 Å². The summed E-state index contributed by atoms with van der Waals surface area (Å²) < 4.78 is 1.74. The molecule has 1 aromatic carbocycles. The van der Waals surface area contributed by atoms with Crippen LogP contribution in [0.4, 0.5) is 0 Å². The van der Waals surface area contributed by atoms with Crippen molar-refractivity contribution < 1.29 is 4.79 Å². The highest BCUT2D eigenvalue weighted by Crippen LogP contribution is 2.12.